The van der Waals surface area contributed by atoms with Crippen molar-refractivity contribution in [2.45, 2.75) is 95.2 Å². The Morgan fingerprint density at radius 3 is 2.16 bits per heavy atom. The molecule has 1 aliphatic carbocycles. The maximum absolute atomic E-state index is 6.69. The van der Waals surface area contributed by atoms with Crippen molar-refractivity contribution in [2.75, 3.05) is 0 Å². The zero-order valence-corrected chi connectivity index (χ0v) is 14.4. The van der Waals surface area contributed by atoms with E-state index in [0.29, 0.717) is 11.8 Å². The molecule has 1 rings (SSSR count). The van der Waals surface area contributed by atoms with E-state index in [-0.39, 0.29) is 0 Å². The van der Waals surface area contributed by atoms with Crippen LogP contribution < -0.4 is 0 Å². The first-order valence-corrected chi connectivity index (χ1v) is 9.22. The van der Waals surface area contributed by atoms with Crippen LogP contribution in [0.15, 0.2) is 0 Å². The molecule has 1 fully saturated rings. The standard InChI is InChI=1S/C17H32Cl2/c1-3-4-5-6-7-9-12-15(2)17(18,19)16-13-10-8-11-14-16/h15-16H,3-14H2,1-2H3. The van der Waals surface area contributed by atoms with E-state index >= 15 is 0 Å². The molecule has 1 saturated carbocycles. The van der Waals surface area contributed by atoms with Gasteiger partial charge in [-0.15, -0.1) is 23.2 Å². The third-order valence-corrected chi connectivity index (χ3v) is 6.16. The van der Waals surface area contributed by atoms with Crippen LogP contribution in [0, 0.1) is 11.8 Å². The third-order valence-electron chi connectivity index (χ3n) is 4.80. The molecule has 1 unspecified atom stereocenters. The normalized spacial score (nSPS) is 19.6. The van der Waals surface area contributed by atoms with Crippen LogP contribution in [0.4, 0.5) is 0 Å². The molecule has 114 valence electrons. The maximum atomic E-state index is 6.69. The summed E-state index contributed by atoms with van der Waals surface area (Å²) in [6.07, 6.45) is 15.8. The summed E-state index contributed by atoms with van der Waals surface area (Å²) in [6, 6.07) is 0. The Morgan fingerprint density at radius 1 is 0.947 bits per heavy atom. The van der Waals surface area contributed by atoms with Gasteiger partial charge in [-0.25, -0.2) is 0 Å². The lowest BCUT2D eigenvalue weighted by Crippen LogP contribution is -2.34. The van der Waals surface area contributed by atoms with E-state index in [9.17, 15) is 0 Å². The summed E-state index contributed by atoms with van der Waals surface area (Å²) in [4.78, 5) is 0. The Bertz CT molecular complexity index is 219. The Kier molecular flexibility index (Phi) is 8.82. The molecule has 0 radical (unpaired) electrons. The van der Waals surface area contributed by atoms with Gasteiger partial charge in [-0.05, 0) is 31.1 Å². The molecular formula is C17H32Cl2. The minimum Gasteiger partial charge on any atom is -0.101 e. The fraction of sp³-hybridized carbons (Fsp3) is 1.00. The molecule has 0 heterocycles. The number of hydrogen-bond donors (Lipinski definition) is 0. The van der Waals surface area contributed by atoms with Crippen molar-refractivity contribution in [1.29, 1.82) is 0 Å². The van der Waals surface area contributed by atoms with Crippen molar-refractivity contribution in [1.82, 2.24) is 0 Å². The predicted octanol–water partition coefficient (Wildman–Crippen LogP) is 7.13. The first-order chi connectivity index (χ1) is 9.09. The van der Waals surface area contributed by atoms with Gasteiger partial charge < -0.3 is 0 Å². The zero-order valence-electron chi connectivity index (χ0n) is 12.9. The second-order valence-corrected chi connectivity index (χ2v) is 7.91. The largest absolute Gasteiger partial charge is 0.123 e. The molecule has 0 aromatic carbocycles. The molecule has 0 spiro atoms. The first kappa shape index (κ1) is 17.6. The van der Waals surface area contributed by atoms with Crippen molar-refractivity contribution in [3.63, 3.8) is 0 Å². The molecular weight excluding hydrogens is 275 g/mol. The number of alkyl halides is 2. The molecule has 1 aliphatic rings. The van der Waals surface area contributed by atoms with Crippen LogP contribution in [0.3, 0.4) is 0 Å². The molecule has 0 bridgehead atoms. The van der Waals surface area contributed by atoms with Gasteiger partial charge in [0.1, 0.15) is 4.33 Å². The van der Waals surface area contributed by atoms with E-state index in [2.05, 4.69) is 13.8 Å². The molecule has 0 amide bonds. The summed E-state index contributed by atoms with van der Waals surface area (Å²) in [5.74, 6) is 0.963. The lowest BCUT2D eigenvalue weighted by atomic mass is 9.81. The third kappa shape index (κ3) is 6.25. The van der Waals surface area contributed by atoms with E-state index < -0.39 is 4.33 Å². The Hall–Kier alpha value is 0.580. The second-order valence-electron chi connectivity index (χ2n) is 6.47. The van der Waals surface area contributed by atoms with E-state index in [4.69, 9.17) is 23.2 Å². The van der Waals surface area contributed by atoms with Crippen LogP contribution in [0.25, 0.3) is 0 Å². The van der Waals surface area contributed by atoms with Crippen molar-refractivity contribution >= 4 is 23.2 Å². The lowest BCUT2D eigenvalue weighted by Gasteiger charge is -2.37. The van der Waals surface area contributed by atoms with Crippen molar-refractivity contribution in [2.24, 2.45) is 11.8 Å². The minimum atomic E-state index is -0.482. The Balaban J connectivity index is 2.20. The summed E-state index contributed by atoms with van der Waals surface area (Å²) >= 11 is 13.4. The summed E-state index contributed by atoms with van der Waals surface area (Å²) in [7, 11) is 0. The predicted molar refractivity (Wildman–Crippen MR) is 88.2 cm³/mol. The molecule has 0 aromatic heterocycles. The minimum absolute atomic E-state index is 0.435. The van der Waals surface area contributed by atoms with Gasteiger partial charge in [-0.3, -0.25) is 0 Å². The maximum Gasteiger partial charge on any atom is 0.123 e. The second kappa shape index (κ2) is 9.50. The highest BCUT2D eigenvalue weighted by Gasteiger charge is 2.39. The molecule has 0 aliphatic heterocycles. The molecule has 0 N–H and O–H groups in total. The van der Waals surface area contributed by atoms with E-state index in [1.807, 2.05) is 0 Å². The van der Waals surface area contributed by atoms with Crippen LogP contribution in [-0.4, -0.2) is 4.33 Å². The highest BCUT2D eigenvalue weighted by Crippen LogP contribution is 2.46. The van der Waals surface area contributed by atoms with Gasteiger partial charge in [0.25, 0.3) is 0 Å². The topological polar surface area (TPSA) is 0 Å². The average molecular weight is 307 g/mol. The van der Waals surface area contributed by atoms with Gasteiger partial charge in [0.05, 0.1) is 0 Å². The van der Waals surface area contributed by atoms with Gasteiger partial charge in [0.15, 0.2) is 0 Å². The van der Waals surface area contributed by atoms with Gasteiger partial charge in [0.2, 0.25) is 0 Å². The molecule has 19 heavy (non-hydrogen) atoms. The smallest absolute Gasteiger partial charge is 0.101 e. The average Bonchev–Trinajstić information content (AvgIpc) is 2.43. The first-order valence-electron chi connectivity index (χ1n) is 8.46. The highest BCUT2D eigenvalue weighted by molar-refractivity contribution is 6.48. The number of rotatable bonds is 9. The van der Waals surface area contributed by atoms with Crippen LogP contribution in [0.1, 0.15) is 90.9 Å². The Labute approximate surface area is 130 Å². The summed E-state index contributed by atoms with van der Waals surface area (Å²) in [6.45, 7) is 4.52. The molecule has 0 nitrogen and oxygen atoms in total. The van der Waals surface area contributed by atoms with E-state index in [0.717, 1.165) is 0 Å². The molecule has 1 atom stereocenters. The molecule has 0 saturated heterocycles. The van der Waals surface area contributed by atoms with Gasteiger partial charge in [-0.2, -0.15) is 0 Å². The molecule has 2 heteroatoms. The van der Waals surface area contributed by atoms with Crippen LogP contribution in [0.5, 0.6) is 0 Å². The number of halogens is 2. The summed E-state index contributed by atoms with van der Waals surface area (Å²) < 4.78 is -0.482. The highest BCUT2D eigenvalue weighted by atomic mass is 35.5. The summed E-state index contributed by atoms with van der Waals surface area (Å²) in [5.41, 5.74) is 0. The van der Waals surface area contributed by atoms with Gasteiger partial charge in [0, 0.05) is 0 Å². The van der Waals surface area contributed by atoms with Crippen LogP contribution in [-0.2, 0) is 0 Å². The van der Waals surface area contributed by atoms with Gasteiger partial charge >= 0.3 is 0 Å². The van der Waals surface area contributed by atoms with Crippen molar-refractivity contribution in [3.05, 3.63) is 0 Å². The lowest BCUT2D eigenvalue weighted by molar-refractivity contribution is 0.266. The fourth-order valence-corrected chi connectivity index (χ4v) is 3.97. The van der Waals surface area contributed by atoms with Crippen LogP contribution in [0.2, 0.25) is 0 Å². The summed E-state index contributed by atoms with van der Waals surface area (Å²) in [5, 5.41) is 0. The van der Waals surface area contributed by atoms with Crippen LogP contribution >= 0.6 is 23.2 Å². The fourth-order valence-electron chi connectivity index (χ4n) is 3.31. The van der Waals surface area contributed by atoms with E-state index in [1.54, 1.807) is 0 Å². The van der Waals surface area contributed by atoms with Gasteiger partial charge in [-0.1, -0.05) is 71.6 Å². The molecule has 0 aromatic rings. The van der Waals surface area contributed by atoms with E-state index in [1.165, 1.54) is 77.0 Å². The monoisotopic (exact) mass is 306 g/mol. The number of hydrogen-bond acceptors (Lipinski definition) is 0. The van der Waals surface area contributed by atoms with Crippen molar-refractivity contribution in [3.8, 4) is 0 Å². The zero-order chi connectivity index (χ0) is 14.1. The number of unbranched alkanes of at least 4 members (excludes halogenated alkanes) is 5. The SMILES string of the molecule is CCCCCCCCC(C)C(Cl)(Cl)C1CCCCC1. The quantitative estimate of drug-likeness (QED) is 0.314. The van der Waals surface area contributed by atoms with Crippen molar-refractivity contribution < 1.29 is 0 Å². The Morgan fingerprint density at radius 2 is 1.53 bits per heavy atom.